The van der Waals surface area contributed by atoms with Gasteiger partial charge in [0.05, 0.1) is 11.9 Å². The molecule has 0 aliphatic rings. The fourth-order valence-electron chi connectivity index (χ4n) is 3.66. The summed E-state index contributed by atoms with van der Waals surface area (Å²) in [5, 5.41) is 4.43. The number of carbonyl (C=O) groups is 1. The summed E-state index contributed by atoms with van der Waals surface area (Å²) >= 11 is 0. The summed E-state index contributed by atoms with van der Waals surface area (Å²) in [4.78, 5) is 14.9. The van der Waals surface area contributed by atoms with Gasteiger partial charge < -0.3 is 4.90 Å². The predicted octanol–water partition coefficient (Wildman–Crippen LogP) is 5.05. The van der Waals surface area contributed by atoms with Crippen molar-refractivity contribution in [2.24, 2.45) is 0 Å². The molecule has 4 aromatic rings. The second kappa shape index (κ2) is 9.23. The van der Waals surface area contributed by atoms with Gasteiger partial charge in [0, 0.05) is 37.7 Å². The van der Waals surface area contributed by atoms with Gasteiger partial charge in [0.25, 0.3) is 0 Å². The molecule has 3 aromatic carbocycles. The van der Waals surface area contributed by atoms with Crippen molar-refractivity contribution in [2.45, 2.75) is 18.9 Å². The highest BCUT2D eigenvalue weighted by atomic mass is 16.2. The Hall–Kier alpha value is -3.66. The largest absolute Gasteiger partial charge is 0.341 e. The van der Waals surface area contributed by atoms with Gasteiger partial charge in [-0.1, -0.05) is 78.9 Å². The van der Waals surface area contributed by atoms with E-state index >= 15 is 0 Å². The van der Waals surface area contributed by atoms with Gasteiger partial charge in [0.15, 0.2) is 0 Å². The van der Waals surface area contributed by atoms with Crippen molar-refractivity contribution < 1.29 is 4.79 Å². The molecule has 0 aliphatic heterocycles. The van der Waals surface area contributed by atoms with E-state index in [4.69, 9.17) is 0 Å². The fourth-order valence-corrected chi connectivity index (χ4v) is 3.66. The lowest BCUT2D eigenvalue weighted by atomic mass is 9.88. The number of carbonyl (C=O) groups excluding carboxylic acids is 1. The van der Waals surface area contributed by atoms with Crippen molar-refractivity contribution in [3.63, 3.8) is 0 Å². The molecule has 1 heterocycles. The van der Waals surface area contributed by atoms with Crippen LogP contribution in [0.4, 0.5) is 0 Å². The molecule has 4 nitrogen and oxygen atoms in total. The van der Waals surface area contributed by atoms with Crippen LogP contribution in [0.25, 0.3) is 5.69 Å². The van der Waals surface area contributed by atoms with Crippen molar-refractivity contribution in [2.75, 3.05) is 7.05 Å². The summed E-state index contributed by atoms with van der Waals surface area (Å²) in [6.07, 6.45) is 4.23. The molecule has 0 atom stereocenters. The average molecular weight is 396 g/mol. The Balaban J connectivity index is 1.47. The Morgan fingerprint density at radius 2 is 1.40 bits per heavy atom. The van der Waals surface area contributed by atoms with Crippen LogP contribution in [0.5, 0.6) is 0 Å². The van der Waals surface area contributed by atoms with E-state index in [-0.39, 0.29) is 11.8 Å². The molecule has 4 heteroatoms. The molecule has 0 bridgehead atoms. The molecule has 0 aliphatic carbocycles. The Morgan fingerprint density at radius 3 is 1.97 bits per heavy atom. The lowest BCUT2D eigenvalue weighted by Crippen LogP contribution is -2.27. The van der Waals surface area contributed by atoms with Crippen LogP contribution in [0, 0.1) is 0 Å². The van der Waals surface area contributed by atoms with Gasteiger partial charge >= 0.3 is 0 Å². The van der Waals surface area contributed by atoms with Crippen LogP contribution in [-0.2, 0) is 11.3 Å². The van der Waals surface area contributed by atoms with Crippen LogP contribution in [0.3, 0.4) is 0 Å². The van der Waals surface area contributed by atoms with E-state index in [1.54, 1.807) is 4.90 Å². The molecule has 0 radical (unpaired) electrons. The van der Waals surface area contributed by atoms with Gasteiger partial charge in [0.2, 0.25) is 5.91 Å². The lowest BCUT2D eigenvalue weighted by molar-refractivity contribution is -0.130. The molecule has 0 N–H and O–H groups in total. The molecule has 30 heavy (non-hydrogen) atoms. The highest BCUT2D eigenvalue weighted by Gasteiger charge is 2.20. The molecule has 0 fully saturated rings. The second-order valence-electron chi connectivity index (χ2n) is 7.46. The number of nitrogens with zero attached hydrogens (tertiary/aromatic N) is 3. The number of aromatic nitrogens is 2. The Morgan fingerprint density at radius 1 is 0.867 bits per heavy atom. The summed E-state index contributed by atoms with van der Waals surface area (Å²) in [6, 6.07) is 30.5. The van der Waals surface area contributed by atoms with Crippen LogP contribution >= 0.6 is 0 Å². The lowest BCUT2D eigenvalue weighted by Gasteiger charge is -2.22. The maximum absolute atomic E-state index is 13.1. The first-order chi connectivity index (χ1) is 14.7. The van der Waals surface area contributed by atoms with E-state index in [0.717, 1.165) is 22.4 Å². The summed E-state index contributed by atoms with van der Waals surface area (Å²) < 4.78 is 1.84. The minimum absolute atomic E-state index is 0.0365. The Labute approximate surface area is 177 Å². The van der Waals surface area contributed by atoms with Gasteiger partial charge in [-0.2, -0.15) is 5.10 Å². The summed E-state index contributed by atoms with van der Waals surface area (Å²) in [5.41, 5.74) is 4.32. The van der Waals surface area contributed by atoms with E-state index in [9.17, 15) is 4.79 Å². The van der Waals surface area contributed by atoms with Crippen LogP contribution in [0.1, 0.15) is 29.0 Å². The van der Waals surface area contributed by atoms with Crippen molar-refractivity contribution in [1.82, 2.24) is 14.7 Å². The quantitative estimate of drug-likeness (QED) is 0.439. The summed E-state index contributed by atoms with van der Waals surface area (Å²) in [7, 11) is 1.86. The predicted molar refractivity (Wildman–Crippen MR) is 119 cm³/mol. The monoisotopic (exact) mass is 395 g/mol. The van der Waals surface area contributed by atoms with Crippen LogP contribution in [-0.4, -0.2) is 27.6 Å². The van der Waals surface area contributed by atoms with Crippen LogP contribution in [0.15, 0.2) is 103 Å². The molecule has 0 saturated heterocycles. The van der Waals surface area contributed by atoms with Gasteiger partial charge in [-0.15, -0.1) is 0 Å². The van der Waals surface area contributed by atoms with Crippen molar-refractivity contribution in [3.05, 3.63) is 120 Å². The molecule has 150 valence electrons. The molecule has 0 saturated carbocycles. The minimum Gasteiger partial charge on any atom is -0.341 e. The van der Waals surface area contributed by atoms with E-state index in [2.05, 4.69) is 29.4 Å². The summed E-state index contributed by atoms with van der Waals surface area (Å²) in [6.45, 7) is 0.530. The van der Waals surface area contributed by atoms with Gasteiger partial charge in [-0.25, -0.2) is 4.68 Å². The number of para-hydroxylation sites is 1. The van der Waals surface area contributed by atoms with Gasteiger partial charge in [-0.3, -0.25) is 4.79 Å². The highest BCUT2D eigenvalue weighted by molar-refractivity contribution is 5.77. The molecule has 4 rings (SSSR count). The zero-order chi connectivity index (χ0) is 20.8. The number of hydrogen-bond donors (Lipinski definition) is 0. The van der Waals surface area contributed by atoms with Crippen LogP contribution < -0.4 is 0 Å². The maximum atomic E-state index is 13.1. The molecular formula is C26H25N3O. The van der Waals surface area contributed by atoms with E-state index in [0.29, 0.717) is 13.0 Å². The number of rotatable bonds is 7. The molecular weight excluding hydrogens is 370 g/mol. The van der Waals surface area contributed by atoms with Crippen molar-refractivity contribution in [3.8, 4) is 5.69 Å². The second-order valence-corrected chi connectivity index (χ2v) is 7.46. The van der Waals surface area contributed by atoms with Crippen LogP contribution in [0.2, 0.25) is 0 Å². The number of benzene rings is 3. The number of hydrogen-bond acceptors (Lipinski definition) is 2. The third-order valence-electron chi connectivity index (χ3n) is 5.28. The average Bonchev–Trinajstić information content (AvgIpc) is 3.27. The Kier molecular flexibility index (Phi) is 6.04. The maximum Gasteiger partial charge on any atom is 0.223 e. The first kappa shape index (κ1) is 19.6. The van der Waals surface area contributed by atoms with Crippen molar-refractivity contribution in [1.29, 1.82) is 0 Å². The smallest absolute Gasteiger partial charge is 0.223 e. The van der Waals surface area contributed by atoms with Crippen molar-refractivity contribution >= 4 is 5.91 Å². The van der Waals surface area contributed by atoms with Gasteiger partial charge in [0.1, 0.15) is 0 Å². The van der Waals surface area contributed by atoms with E-state index < -0.39 is 0 Å². The van der Waals surface area contributed by atoms with E-state index in [1.807, 2.05) is 90.9 Å². The third-order valence-corrected chi connectivity index (χ3v) is 5.28. The van der Waals surface area contributed by atoms with E-state index in [1.165, 1.54) is 0 Å². The normalized spacial score (nSPS) is 10.9. The highest BCUT2D eigenvalue weighted by Crippen LogP contribution is 2.28. The number of amides is 1. The fraction of sp³-hybridized carbons (Fsp3) is 0.154. The molecule has 0 spiro atoms. The topological polar surface area (TPSA) is 38.1 Å². The standard InChI is InChI=1S/C26H25N3O/c1-28(19-21-18-27-29(20-21)24-15-9-4-10-16-24)26(30)17-25(22-11-5-2-6-12-22)23-13-7-3-8-14-23/h2-16,18,20,25H,17,19H2,1H3. The zero-order valence-electron chi connectivity index (χ0n) is 17.1. The molecule has 1 aromatic heterocycles. The third kappa shape index (κ3) is 4.66. The van der Waals surface area contributed by atoms with Gasteiger partial charge in [-0.05, 0) is 23.3 Å². The molecule has 0 unspecified atom stereocenters. The minimum atomic E-state index is 0.0365. The first-order valence-corrected chi connectivity index (χ1v) is 10.1. The zero-order valence-corrected chi connectivity index (χ0v) is 17.1. The Bertz CT molecular complexity index is 1040. The SMILES string of the molecule is CN(Cc1cnn(-c2ccccc2)c1)C(=O)CC(c1ccccc1)c1ccccc1. The molecule has 1 amide bonds. The first-order valence-electron chi connectivity index (χ1n) is 10.1. The summed E-state index contributed by atoms with van der Waals surface area (Å²) in [5.74, 6) is 0.148.